The van der Waals surface area contributed by atoms with Crippen LogP contribution in [-0.4, -0.2) is 48.6 Å². The third-order valence-electron chi connectivity index (χ3n) is 6.33. The maximum Gasteiger partial charge on any atom is 0.261 e. The molecule has 0 spiro atoms. The molecule has 5 heterocycles. The number of benzene rings is 1. The lowest BCUT2D eigenvalue weighted by Gasteiger charge is -2.43. The average Bonchev–Trinajstić information content (AvgIpc) is 3.45. The van der Waals surface area contributed by atoms with E-state index < -0.39 is 0 Å². The van der Waals surface area contributed by atoms with Gasteiger partial charge in [-0.2, -0.15) is 5.10 Å². The van der Waals surface area contributed by atoms with Gasteiger partial charge in [-0.25, -0.2) is 4.98 Å². The largest absolute Gasteiger partial charge is 0.344 e. The summed E-state index contributed by atoms with van der Waals surface area (Å²) < 4.78 is 1.88. The van der Waals surface area contributed by atoms with E-state index in [1.807, 2.05) is 39.8 Å². The van der Waals surface area contributed by atoms with Crippen LogP contribution < -0.4 is 5.56 Å². The Kier molecular flexibility index (Phi) is 3.68. The second kappa shape index (κ2) is 6.41. The molecule has 8 nitrogen and oxygen atoms in total. The summed E-state index contributed by atoms with van der Waals surface area (Å²) in [7, 11) is 0. The summed E-state index contributed by atoms with van der Waals surface area (Å²) in [6.07, 6.45) is 6.11. The molecule has 4 aromatic rings. The molecule has 0 saturated carbocycles. The first-order valence-corrected chi connectivity index (χ1v) is 10.1. The lowest BCUT2D eigenvalue weighted by atomic mass is 9.82. The number of fused-ring (bicyclic) bond motifs is 5. The highest BCUT2D eigenvalue weighted by molar-refractivity contribution is 5.98. The molecule has 1 aromatic carbocycles. The number of nitrogens with one attached hydrogen (secondary N) is 2. The lowest BCUT2D eigenvalue weighted by molar-refractivity contribution is 0.0595. The van der Waals surface area contributed by atoms with E-state index in [1.165, 1.54) is 0 Å². The van der Waals surface area contributed by atoms with Gasteiger partial charge in [0.25, 0.3) is 11.5 Å². The standard InChI is InChI=1S/C22H20N6O2/c29-21(14-1-3-18-15(8-14)9-25-26-18)27-10-13-7-16(12-27)19-4-2-17(20-23-5-6-24-20)22(30)28(19)11-13/h1-6,8-9,13,16H,7,10-12H2,(H,23,24)(H,25,26)/t13-,16+/m0/s1. The van der Waals surface area contributed by atoms with Gasteiger partial charge < -0.3 is 14.5 Å². The molecule has 2 bridgehead atoms. The van der Waals surface area contributed by atoms with Crippen LogP contribution in [0, 0.1) is 5.92 Å². The number of likely N-dealkylation sites (tertiary alicyclic amines) is 1. The van der Waals surface area contributed by atoms with Crippen molar-refractivity contribution >= 4 is 16.8 Å². The molecule has 0 aliphatic carbocycles. The second-order valence-corrected chi connectivity index (χ2v) is 8.21. The summed E-state index contributed by atoms with van der Waals surface area (Å²) >= 11 is 0. The molecule has 0 radical (unpaired) electrons. The molecular weight excluding hydrogens is 380 g/mol. The Balaban J connectivity index is 1.32. The van der Waals surface area contributed by atoms with Crippen LogP contribution in [-0.2, 0) is 6.54 Å². The summed E-state index contributed by atoms with van der Waals surface area (Å²) in [5.41, 5.74) is 3.18. The Hall–Kier alpha value is -3.68. The van der Waals surface area contributed by atoms with Crippen LogP contribution in [0.1, 0.15) is 28.4 Å². The van der Waals surface area contributed by atoms with Crippen molar-refractivity contribution in [3.8, 4) is 11.4 Å². The third kappa shape index (κ3) is 2.60. The van der Waals surface area contributed by atoms with E-state index in [4.69, 9.17) is 0 Å². The zero-order valence-corrected chi connectivity index (χ0v) is 16.2. The van der Waals surface area contributed by atoms with E-state index in [0.717, 1.165) is 23.0 Å². The summed E-state index contributed by atoms with van der Waals surface area (Å²) in [5.74, 6) is 1.06. The zero-order chi connectivity index (χ0) is 20.2. The van der Waals surface area contributed by atoms with Crippen molar-refractivity contribution in [1.29, 1.82) is 0 Å². The number of hydrogen-bond acceptors (Lipinski definition) is 4. The summed E-state index contributed by atoms with van der Waals surface area (Å²) in [6, 6.07) is 9.50. The number of aromatic amines is 2. The molecule has 150 valence electrons. The van der Waals surface area contributed by atoms with Gasteiger partial charge in [-0.1, -0.05) is 0 Å². The van der Waals surface area contributed by atoms with E-state index in [0.29, 0.717) is 36.6 Å². The van der Waals surface area contributed by atoms with E-state index in [1.54, 1.807) is 18.6 Å². The molecule has 30 heavy (non-hydrogen) atoms. The maximum absolute atomic E-state index is 13.2. The van der Waals surface area contributed by atoms with Crippen molar-refractivity contribution in [1.82, 2.24) is 29.6 Å². The molecule has 8 heteroatoms. The van der Waals surface area contributed by atoms with Crippen LogP contribution in [0.4, 0.5) is 0 Å². The van der Waals surface area contributed by atoms with E-state index in [-0.39, 0.29) is 23.3 Å². The minimum atomic E-state index is -0.0117. The summed E-state index contributed by atoms with van der Waals surface area (Å²) in [4.78, 5) is 35.5. The molecule has 2 atom stereocenters. The Bertz CT molecular complexity index is 1320. The number of imidazole rings is 1. The minimum Gasteiger partial charge on any atom is -0.344 e. The predicted molar refractivity (Wildman–Crippen MR) is 111 cm³/mol. The number of carbonyl (C=O) groups is 1. The number of nitrogens with zero attached hydrogens (tertiary/aromatic N) is 4. The molecule has 1 saturated heterocycles. The minimum absolute atomic E-state index is 0.0117. The van der Waals surface area contributed by atoms with E-state index in [9.17, 15) is 9.59 Å². The zero-order valence-electron chi connectivity index (χ0n) is 16.2. The van der Waals surface area contributed by atoms with E-state index in [2.05, 4.69) is 20.2 Å². The Morgan fingerprint density at radius 2 is 2.07 bits per heavy atom. The van der Waals surface area contributed by atoms with Crippen LogP contribution in [0.15, 0.2) is 53.7 Å². The monoisotopic (exact) mass is 400 g/mol. The number of amides is 1. The molecule has 3 aromatic heterocycles. The van der Waals surface area contributed by atoms with Crippen molar-refractivity contribution in [2.24, 2.45) is 5.92 Å². The highest BCUT2D eigenvalue weighted by atomic mass is 16.2. The van der Waals surface area contributed by atoms with Crippen LogP contribution in [0.25, 0.3) is 22.3 Å². The van der Waals surface area contributed by atoms with Gasteiger partial charge in [0, 0.05) is 54.6 Å². The van der Waals surface area contributed by atoms with Crippen molar-refractivity contribution < 1.29 is 4.79 Å². The highest BCUT2D eigenvalue weighted by Crippen LogP contribution is 2.36. The lowest BCUT2D eigenvalue weighted by Crippen LogP contribution is -2.49. The number of hydrogen-bond donors (Lipinski definition) is 2. The molecule has 0 unspecified atom stereocenters. The predicted octanol–water partition coefficient (Wildman–Crippen LogP) is 2.37. The van der Waals surface area contributed by atoms with Gasteiger partial charge in [0.15, 0.2) is 0 Å². The SMILES string of the molecule is O=C(c1ccc2[nH]ncc2c1)N1C[C@@H]2C[C@H](C1)c1ccc(-c3ncc[nH]3)c(=O)n1C2. The molecule has 6 rings (SSSR count). The van der Waals surface area contributed by atoms with Gasteiger partial charge in [-0.05, 0) is 42.7 Å². The first kappa shape index (κ1) is 17.2. The molecule has 1 fully saturated rings. The molecule has 2 N–H and O–H groups in total. The van der Waals surface area contributed by atoms with Crippen LogP contribution >= 0.6 is 0 Å². The summed E-state index contributed by atoms with van der Waals surface area (Å²) in [5, 5.41) is 7.88. The van der Waals surface area contributed by atoms with Gasteiger partial charge in [0.1, 0.15) is 5.82 Å². The fourth-order valence-corrected chi connectivity index (χ4v) is 4.96. The van der Waals surface area contributed by atoms with Crippen molar-refractivity contribution in [3.63, 3.8) is 0 Å². The number of pyridine rings is 1. The fourth-order valence-electron chi connectivity index (χ4n) is 4.96. The number of carbonyl (C=O) groups excluding carboxylic acids is 1. The molecule has 2 aliphatic heterocycles. The fraction of sp³-hybridized carbons (Fsp3) is 0.273. The van der Waals surface area contributed by atoms with Gasteiger partial charge >= 0.3 is 0 Å². The second-order valence-electron chi connectivity index (χ2n) is 8.21. The van der Waals surface area contributed by atoms with Crippen LogP contribution in [0.5, 0.6) is 0 Å². The van der Waals surface area contributed by atoms with E-state index >= 15 is 0 Å². The molecular formula is C22H20N6O2. The van der Waals surface area contributed by atoms with Crippen LogP contribution in [0.3, 0.4) is 0 Å². The molecule has 1 amide bonds. The van der Waals surface area contributed by atoms with Crippen molar-refractivity contribution in [2.45, 2.75) is 18.9 Å². The number of rotatable bonds is 2. The van der Waals surface area contributed by atoms with Crippen molar-refractivity contribution in [2.75, 3.05) is 13.1 Å². The van der Waals surface area contributed by atoms with Gasteiger partial charge in [-0.3, -0.25) is 14.7 Å². The summed E-state index contributed by atoms with van der Waals surface area (Å²) in [6.45, 7) is 1.91. The highest BCUT2D eigenvalue weighted by Gasteiger charge is 2.37. The topological polar surface area (TPSA) is 99.7 Å². The molecule has 2 aliphatic rings. The normalized spacial score (nSPS) is 20.3. The first-order valence-electron chi connectivity index (χ1n) is 10.1. The van der Waals surface area contributed by atoms with Gasteiger partial charge in [-0.15, -0.1) is 0 Å². The van der Waals surface area contributed by atoms with Gasteiger partial charge in [0.2, 0.25) is 0 Å². The van der Waals surface area contributed by atoms with Crippen molar-refractivity contribution in [3.05, 3.63) is 70.5 Å². The number of piperidine rings is 1. The Morgan fingerprint density at radius 3 is 2.93 bits per heavy atom. The Labute approximate surface area is 171 Å². The smallest absolute Gasteiger partial charge is 0.261 e. The Morgan fingerprint density at radius 1 is 1.13 bits per heavy atom. The third-order valence-corrected chi connectivity index (χ3v) is 6.33. The number of aromatic nitrogens is 5. The average molecular weight is 400 g/mol. The first-order chi connectivity index (χ1) is 14.7. The number of H-pyrrole nitrogens is 2. The van der Waals surface area contributed by atoms with Gasteiger partial charge in [0.05, 0.1) is 17.3 Å². The maximum atomic E-state index is 13.2. The quantitative estimate of drug-likeness (QED) is 0.540. The van der Waals surface area contributed by atoms with Crippen LogP contribution in [0.2, 0.25) is 0 Å².